The van der Waals surface area contributed by atoms with Crippen molar-refractivity contribution < 1.29 is 0 Å². The van der Waals surface area contributed by atoms with Crippen LogP contribution in [0.15, 0.2) is 0 Å². The average Bonchev–Trinajstić information content (AvgIpc) is 2.63. The predicted octanol–water partition coefficient (Wildman–Crippen LogP) is 4.51. The van der Waals surface area contributed by atoms with Gasteiger partial charge in [-0.1, -0.05) is 52.4 Å². The minimum Gasteiger partial charge on any atom is -0.311 e. The Hall–Kier alpha value is -0.0400. The summed E-state index contributed by atoms with van der Waals surface area (Å²) in [4.78, 5) is 0. The Morgan fingerprint density at radius 3 is 2.12 bits per heavy atom. The molecule has 2 saturated carbocycles. The second-order valence-corrected chi connectivity index (χ2v) is 6.42. The van der Waals surface area contributed by atoms with E-state index in [0.29, 0.717) is 0 Å². The van der Waals surface area contributed by atoms with E-state index in [9.17, 15) is 0 Å². The van der Waals surface area contributed by atoms with Gasteiger partial charge >= 0.3 is 0 Å². The molecule has 0 aromatic carbocycles. The van der Waals surface area contributed by atoms with Crippen molar-refractivity contribution in [2.75, 3.05) is 0 Å². The molecular formula is C16H31N. The highest BCUT2D eigenvalue weighted by atomic mass is 15.0. The topological polar surface area (TPSA) is 12.0 Å². The Bertz CT molecular complexity index is 206. The Kier molecular flexibility index (Phi) is 5.34. The SMILES string of the molecule is CCC1CCC(NC2CCCCCCC2)C1C. The normalized spacial score (nSPS) is 36.7. The highest BCUT2D eigenvalue weighted by Crippen LogP contribution is 2.34. The third kappa shape index (κ3) is 3.71. The molecule has 0 radical (unpaired) electrons. The van der Waals surface area contributed by atoms with Crippen molar-refractivity contribution in [2.45, 2.75) is 90.1 Å². The zero-order valence-corrected chi connectivity index (χ0v) is 11.9. The Balaban J connectivity index is 1.79. The second-order valence-electron chi connectivity index (χ2n) is 6.42. The Labute approximate surface area is 108 Å². The van der Waals surface area contributed by atoms with E-state index in [0.717, 1.165) is 23.9 Å². The van der Waals surface area contributed by atoms with E-state index in [2.05, 4.69) is 19.2 Å². The third-order valence-corrected chi connectivity index (χ3v) is 5.31. The number of hydrogen-bond donors (Lipinski definition) is 1. The van der Waals surface area contributed by atoms with E-state index in [-0.39, 0.29) is 0 Å². The molecule has 1 N–H and O–H groups in total. The summed E-state index contributed by atoms with van der Waals surface area (Å²) >= 11 is 0. The monoisotopic (exact) mass is 237 g/mol. The van der Waals surface area contributed by atoms with Gasteiger partial charge in [0.1, 0.15) is 0 Å². The zero-order chi connectivity index (χ0) is 12.1. The Morgan fingerprint density at radius 2 is 1.53 bits per heavy atom. The minimum absolute atomic E-state index is 0.823. The highest BCUT2D eigenvalue weighted by molar-refractivity contribution is 4.88. The molecule has 2 fully saturated rings. The largest absolute Gasteiger partial charge is 0.311 e. The maximum atomic E-state index is 4.00. The van der Waals surface area contributed by atoms with Gasteiger partial charge in [0.05, 0.1) is 0 Å². The van der Waals surface area contributed by atoms with Crippen LogP contribution in [0.4, 0.5) is 0 Å². The van der Waals surface area contributed by atoms with Crippen LogP contribution in [-0.2, 0) is 0 Å². The van der Waals surface area contributed by atoms with Crippen LogP contribution < -0.4 is 5.32 Å². The van der Waals surface area contributed by atoms with Gasteiger partial charge in [-0.3, -0.25) is 0 Å². The summed E-state index contributed by atoms with van der Waals surface area (Å²) in [5.74, 6) is 1.89. The third-order valence-electron chi connectivity index (χ3n) is 5.31. The van der Waals surface area contributed by atoms with Crippen molar-refractivity contribution in [1.82, 2.24) is 5.32 Å². The molecule has 0 amide bonds. The fraction of sp³-hybridized carbons (Fsp3) is 1.00. The summed E-state index contributed by atoms with van der Waals surface area (Å²) in [6.45, 7) is 4.83. The molecule has 0 spiro atoms. The molecule has 17 heavy (non-hydrogen) atoms. The molecule has 1 nitrogen and oxygen atoms in total. The van der Waals surface area contributed by atoms with Gasteiger partial charge in [-0.25, -0.2) is 0 Å². The van der Waals surface area contributed by atoms with E-state index >= 15 is 0 Å². The van der Waals surface area contributed by atoms with Crippen LogP contribution in [0, 0.1) is 11.8 Å². The summed E-state index contributed by atoms with van der Waals surface area (Å²) in [5, 5.41) is 4.00. The quantitative estimate of drug-likeness (QED) is 0.761. The van der Waals surface area contributed by atoms with Crippen LogP contribution in [0.5, 0.6) is 0 Å². The lowest BCUT2D eigenvalue weighted by molar-refractivity contribution is 0.293. The first-order valence-corrected chi connectivity index (χ1v) is 8.07. The number of nitrogens with one attached hydrogen (secondary N) is 1. The number of rotatable bonds is 3. The van der Waals surface area contributed by atoms with E-state index in [1.807, 2.05) is 0 Å². The van der Waals surface area contributed by atoms with E-state index < -0.39 is 0 Å². The molecule has 0 aromatic heterocycles. The van der Waals surface area contributed by atoms with Gasteiger partial charge in [-0.2, -0.15) is 0 Å². The van der Waals surface area contributed by atoms with E-state index in [1.165, 1.54) is 64.2 Å². The molecule has 0 saturated heterocycles. The van der Waals surface area contributed by atoms with Crippen LogP contribution in [0.25, 0.3) is 0 Å². The molecule has 0 aliphatic heterocycles. The van der Waals surface area contributed by atoms with E-state index in [1.54, 1.807) is 0 Å². The van der Waals surface area contributed by atoms with Crippen LogP contribution in [0.1, 0.15) is 78.1 Å². The first kappa shape index (κ1) is 13.4. The molecule has 2 rings (SSSR count). The van der Waals surface area contributed by atoms with Gasteiger partial charge < -0.3 is 5.32 Å². The number of hydrogen-bond acceptors (Lipinski definition) is 1. The van der Waals surface area contributed by atoms with Gasteiger partial charge in [0.2, 0.25) is 0 Å². The summed E-state index contributed by atoms with van der Waals surface area (Å²) < 4.78 is 0. The first-order chi connectivity index (χ1) is 8.31. The summed E-state index contributed by atoms with van der Waals surface area (Å²) in [7, 11) is 0. The molecule has 0 bridgehead atoms. The molecule has 3 unspecified atom stereocenters. The molecule has 0 aromatic rings. The van der Waals surface area contributed by atoms with Crippen molar-refractivity contribution in [3.8, 4) is 0 Å². The van der Waals surface area contributed by atoms with Crippen molar-refractivity contribution in [3.05, 3.63) is 0 Å². The lowest BCUT2D eigenvalue weighted by Gasteiger charge is -2.28. The van der Waals surface area contributed by atoms with Crippen LogP contribution in [0.2, 0.25) is 0 Å². The molecule has 3 atom stereocenters. The molecule has 100 valence electrons. The summed E-state index contributed by atoms with van der Waals surface area (Å²) in [6, 6.07) is 1.66. The Morgan fingerprint density at radius 1 is 0.882 bits per heavy atom. The molecule has 1 heteroatoms. The van der Waals surface area contributed by atoms with Gasteiger partial charge in [-0.15, -0.1) is 0 Å². The van der Waals surface area contributed by atoms with Crippen LogP contribution in [-0.4, -0.2) is 12.1 Å². The molecule has 2 aliphatic rings. The fourth-order valence-electron chi connectivity index (χ4n) is 3.98. The van der Waals surface area contributed by atoms with Crippen LogP contribution >= 0.6 is 0 Å². The summed E-state index contributed by atoms with van der Waals surface area (Å²) in [5.41, 5.74) is 0. The van der Waals surface area contributed by atoms with Gasteiger partial charge in [-0.05, 0) is 37.5 Å². The average molecular weight is 237 g/mol. The van der Waals surface area contributed by atoms with Crippen molar-refractivity contribution in [2.24, 2.45) is 11.8 Å². The smallest absolute Gasteiger partial charge is 0.00980 e. The fourth-order valence-corrected chi connectivity index (χ4v) is 3.98. The van der Waals surface area contributed by atoms with Crippen molar-refractivity contribution in [1.29, 1.82) is 0 Å². The minimum atomic E-state index is 0.823. The lowest BCUT2D eigenvalue weighted by atomic mass is 9.91. The predicted molar refractivity (Wildman–Crippen MR) is 75.2 cm³/mol. The zero-order valence-electron chi connectivity index (χ0n) is 11.9. The highest BCUT2D eigenvalue weighted by Gasteiger charge is 2.32. The van der Waals surface area contributed by atoms with Gasteiger partial charge in [0.25, 0.3) is 0 Å². The summed E-state index contributed by atoms with van der Waals surface area (Å²) in [6.07, 6.45) is 14.4. The van der Waals surface area contributed by atoms with E-state index in [4.69, 9.17) is 0 Å². The maximum Gasteiger partial charge on any atom is 0.00980 e. The first-order valence-electron chi connectivity index (χ1n) is 8.07. The molecule has 0 heterocycles. The maximum absolute atomic E-state index is 4.00. The van der Waals surface area contributed by atoms with Crippen molar-refractivity contribution in [3.63, 3.8) is 0 Å². The second kappa shape index (κ2) is 6.78. The van der Waals surface area contributed by atoms with Gasteiger partial charge in [0.15, 0.2) is 0 Å². The molecular weight excluding hydrogens is 206 g/mol. The lowest BCUT2D eigenvalue weighted by Crippen LogP contribution is -2.40. The molecule has 2 aliphatic carbocycles. The van der Waals surface area contributed by atoms with Gasteiger partial charge in [0, 0.05) is 12.1 Å². The standard InChI is InChI=1S/C16H31N/c1-3-14-11-12-16(13(14)2)17-15-9-7-5-4-6-8-10-15/h13-17H,3-12H2,1-2H3. The van der Waals surface area contributed by atoms with Crippen molar-refractivity contribution >= 4 is 0 Å². The van der Waals surface area contributed by atoms with Crippen LogP contribution in [0.3, 0.4) is 0 Å².